The van der Waals surface area contributed by atoms with E-state index in [1.54, 1.807) is 0 Å². The highest BCUT2D eigenvalue weighted by atomic mass is 16.2. The Morgan fingerprint density at radius 3 is 2.83 bits per heavy atom. The molecule has 2 fully saturated rings. The van der Waals surface area contributed by atoms with Gasteiger partial charge < -0.3 is 14.8 Å². The second-order valence-electron chi connectivity index (χ2n) is 7.50. The van der Waals surface area contributed by atoms with Gasteiger partial charge in [-0.1, -0.05) is 19.3 Å². The monoisotopic (exact) mass is 317 g/mol. The zero-order valence-corrected chi connectivity index (χ0v) is 13.9. The van der Waals surface area contributed by atoms with Crippen LogP contribution in [0.3, 0.4) is 0 Å². The molecule has 0 radical (unpaired) electrons. The van der Waals surface area contributed by atoms with Crippen LogP contribution >= 0.6 is 0 Å². The highest BCUT2D eigenvalue weighted by molar-refractivity contribution is 5.74. The van der Waals surface area contributed by atoms with Crippen molar-refractivity contribution in [1.29, 1.82) is 0 Å². The summed E-state index contributed by atoms with van der Waals surface area (Å²) in [4.78, 5) is 14.4. The third kappa shape index (κ3) is 2.95. The van der Waals surface area contributed by atoms with Crippen molar-refractivity contribution in [3.05, 3.63) is 11.6 Å². The van der Waals surface area contributed by atoms with Crippen LogP contribution in [0.2, 0.25) is 0 Å². The molecule has 6 nitrogen and oxygen atoms in total. The number of fused-ring (bicyclic) bond motifs is 1. The quantitative estimate of drug-likeness (QED) is 0.929. The van der Waals surface area contributed by atoms with Crippen molar-refractivity contribution in [2.75, 3.05) is 19.6 Å². The Morgan fingerprint density at radius 1 is 1.09 bits per heavy atom. The third-order valence-corrected chi connectivity index (χ3v) is 5.95. The van der Waals surface area contributed by atoms with Crippen LogP contribution in [-0.4, -0.2) is 45.3 Å². The molecule has 1 spiro atoms. The number of nitrogens with one attached hydrogen (secondary N) is 1. The lowest BCUT2D eigenvalue weighted by molar-refractivity contribution is 0.177. The number of carbonyl (C=O) groups is 1. The molecule has 2 amide bonds. The highest BCUT2D eigenvalue weighted by Gasteiger charge is 2.40. The second kappa shape index (κ2) is 6.13. The molecule has 0 bridgehead atoms. The van der Waals surface area contributed by atoms with Gasteiger partial charge in [0.2, 0.25) is 0 Å². The average Bonchev–Trinajstić information content (AvgIpc) is 3.26. The Kier molecular flexibility index (Phi) is 3.99. The number of nitrogens with zero attached hydrogens (tertiary/aromatic N) is 4. The van der Waals surface area contributed by atoms with Crippen molar-refractivity contribution in [2.24, 2.45) is 5.41 Å². The number of aryl methyl sites for hydroxylation is 1. The lowest BCUT2D eigenvalue weighted by Crippen LogP contribution is -2.41. The number of hydrogen-bond acceptors (Lipinski definition) is 3. The maximum atomic E-state index is 12.4. The maximum Gasteiger partial charge on any atom is 0.317 e. The Morgan fingerprint density at radius 2 is 1.96 bits per heavy atom. The van der Waals surface area contributed by atoms with Crippen molar-refractivity contribution < 1.29 is 4.79 Å². The van der Waals surface area contributed by atoms with Gasteiger partial charge in [-0.05, 0) is 31.1 Å². The summed E-state index contributed by atoms with van der Waals surface area (Å²) in [6, 6.07) is 0.105. The van der Waals surface area contributed by atoms with Gasteiger partial charge in [-0.3, -0.25) is 0 Å². The smallest absolute Gasteiger partial charge is 0.317 e. The first kappa shape index (κ1) is 15.0. The largest absolute Gasteiger partial charge is 0.338 e. The first-order valence-electron chi connectivity index (χ1n) is 9.20. The molecule has 0 atom stereocenters. The molecule has 1 aromatic heterocycles. The van der Waals surface area contributed by atoms with E-state index < -0.39 is 0 Å². The van der Waals surface area contributed by atoms with Crippen molar-refractivity contribution in [2.45, 2.75) is 64.3 Å². The SMILES string of the molecule is O=C(NCCc1nnc2n1CCC2)N1CCC2(CCCCC2)C1. The lowest BCUT2D eigenvalue weighted by Gasteiger charge is -2.33. The molecule has 0 aromatic carbocycles. The van der Waals surface area contributed by atoms with Crippen LogP contribution in [0, 0.1) is 5.41 Å². The number of likely N-dealkylation sites (tertiary alicyclic amines) is 1. The number of urea groups is 1. The van der Waals surface area contributed by atoms with Gasteiger partial charge in [-0.2, -0.15) is 0 Å². The summed E-state index contributed by atoms with van der Waals surface area (Å²) < 4.78 is 2.21. The lowest BCUT2D eigenvalue weighted by atomic mass is 9.73. The van der Waals surface area contributed by atoms with Crippen molar-refractivity contribution in [3.63, 3.8) is 0 Å². The Balaban J connectivity index is 1.26. The molecule has 2 aliphatic heterocycles. The van der Waals surface area contributed by atoms with Crippen LogP contribution in [-0.2, 0) is 19.4 Å². The van der Waals surface area contributed by atoms with E-state index in [0.717, 1.165) is 44.1 Å². The molecular weight excluding hydrogens is 290 g/mol. The zero-order chi connectivity index (χ0) is 15.7. The fourth-order valence-corrected chi connectivity index (χ4v) is 4.61. The van der Waals surface area contributed by atoms with Gasteiger partial charge in [-0.25, -0.2) is 4.79 Å². The van der Waals surface area contributed by atoms with E-state index in [0.29, 0.717) is 12.0 Å². The Hall–Kier alpha value is -1.59. The van der Waals surface area contributed by atoms with Gasteiger partial charge in [0.25, 0.3) is 0 Å². The molecule has 1 saturated heterocycles. The van der Waals surface area contributed by atoms with Crippen molar-refractivity contribution >= 4 is 6.03 Å². The molecule has 1 aromatic rings. The minimum Gasteiger partial charge on any atom is -0.338 e. The van der Waals surface area contributed by atoms with E-state index >= 15 is 0 Å². The molecule has 4 rings (SSSR count). The van der Waals surface area contributed by atoms with E-state index in [2.05, 4.69) is 20.1 Å². The van der Waals surface area contributed by atoms with E-state index in [-0.39, 0.29) is 6.03 Å². The van der Waals surface area contributed by atoms with E-state index in [1.807, 2.05) is 4.90 Å². The molecule has 1 aliphatic carbocycles. The Bertz CT molecular complexity index is 576. The minimum atomic E-state index is 0.105. The standard InChI is InChI=1S/C17H27N5O/c23-16(21-12-9-17(13-21)7-2-1-3-8-17)18-10-6-15-20-19-14-5-4-11-22(14)15/h1-13H2,(H,18,23). The molecule has 1 N–H and O–H groups in total. The second-order valence-corrected chi connectivity index (χ2v) is 7.50. The van der Waals surface area contributed by atoms with Crippen LogP contribution < -0.4 is 5.32 Å². The molecule has 3 heterocycles. The molecule has 23 heavy (non-hydrogen) atoms. The average molecular weight is 317 g/mol. The van der Waals surface area contributed by atoms with Gasteiger partial charge in [0.1, 0.15) is 11.6 Å². The summed E-state index contributed by atoms with van der Waals surface area (Å²) >= 11 is 0. The minimum absolute atomic E-state index is 0.105. The number of aromatic nitrogens is 3. The van der Waals surface area contributed by atoms with Gasteiger partial charge in [0.05, 0.1) is 0 Å². The summed E-state index contributed by atoms with van der Waals surface area (Å²) in [7, 11) is 0. The Labute approximate surface area is 137 Å². The summed E-state index contributed by atoms with van der Waals surface area (Å²) in [5, 5.41) is 11.5. The summed E-state index contributed by atoms with van der Waals surface area (Å²) in [6.07, 6.45) is 10.8. The predicted octanol–water partition coefficient (Wildman–Crippen LogP) is 2.13. The summed E-state index contributed by atoms with van der Waals surface area (Å²) in [5.74, 6) is 2.12. The van der Waals surface area contributed by atoms with Gasteiger partial charge in [-0.15, -0.1) is 10.2 Å². The normalized spacial score (nSPS) is 22.5. The summed E-state index contributed by atoms with van der Waals surface area (Å²) in [6.45, 7) is 3.56. The van der Waals surface area contributed by atoms with E-state index in [9.17, 15) is 4.79 Å². The van der Waals surface area contributed by atoms with Crippen molar-refractivity contribution in [1.82, 2.24) is 25.0 Å². The topological polar surface area (TPSA) is 63.1 Å². The first-order valence-corrected chi connectivity index (χ1v) is 9.20. The van der Waals surface area contributed by atoms with E-state index in [1.165, 1.54) is 44.9 Å². The van der Waals surface area contributed by atoms with Crippen molar-refractivity contribution in [3.8, 4) is 0 Å². The molecule has 6 heteroatoms. The van der Waals surface area contributed by atoms with Crippen LogP contribution in [0.1, 0.15) is 56.6 Å². The molecule has 3 aliphatic rings. The fraction of sp³-hybridized carbons (Fsp3) is 0.824. The van der Waals surface area contributed by atoms with Crippen LogP contribution in [0.15, 0.2) is 0 Å². The highest BCUT2D eigenvalue weighted by Crippen LogP contribution is 2.43. The number of rotatable bonds is 3. The van der Waals surface area contributed by atoms with Crippen LogP contribution in [0.4, 0.5) is 4.79 Å². The third-order valence-electron chi connectivity index (χ3n) is 5.95. The molecule has 1 saturated carbocycles. The van der Waals surface area contributed by atoms with Gasteiger partial charge in [0, 0.05) is 39.0 Å². The molecular formula is C17H27N5O. The van der Waals surface area contributed by atoms with Crippen LogP contribution in [0.25, 0.3) is 0 Å². The first-order chi connectivity index (χ1) is 11.3. The zero-order valence-electron chi connectivity index (χ0n) is 13.9. The number of hydrogen-bond donors (Lipinski definition) is 1. The molecule has 126 valence electrons. The van der Waals surface area contributed by atoms with Gasteiger partial charge >= 0.3 is 6.03 Å². The van der Waals surface area contributed by atoms with Crippen LogP contribution in [0.5, 0.6) is 0 Å². The van der Waals surface area contributed by atoms with E-state index in [4.69, 9.17) is 0 Å². The number of carbonyl (C=O) groups excluding carboxylic acids is 1. The predicted molar refractivity (Wildman–Crippen MR) is 87.2 cm³/mol. The number of amides is 2. The maximum absolute atomic E-state index is 12.4. The fourth-order valence-electron chi connectivity index (χ4n) is 4.61. The van der Waals surface area contributed by atoms with Gasteiger partial charge in [0.15, 0.2) is 0 Å². The summed E-state index contributed by atoms with van der Waals surface area (Å²) in [5.41, 5.74) is 0.434. The molecule has 0 unspecified atom stereocenters.